The zero-order valence-corrected chi connectivity index (χ0v) is 9.52. The minimum atomic E-state index is -0.0649. The van der Waals surface area contributed by atoms with Crippen molar-refractivity contribution < 1.29 is 4.79 Å². The Bertz CT molecular complexity index is 199. The van der Waals surface area contributed by atoms with Crippen molar-refractivity contribution in [3.05, 3.63) is 0 Å². The summed E-state index contributed by atoms with van der Waals surface area (Å²) in [5.74, 6) is 0.934. The highest BCUT2D eigenvalue weighted by Gasteiger charge is 2.24. The fourth-order valence-corrected chi connectivity index (χ4v) is 2.96. The monoisotopic (exact) mass is 221 g/mol. The lowest BCUT2D eigenvalue weighted by Crippen LogP contribution is -2.09. The number of hydrogen-bond acceptors (Lipinski definition) is 5. The number of aliphatic imine (C=N–C) groups is 1. The van der Waals surface area contributed by atoms with E-state index in [1.54, 1.807) is 23.5 Å². The van der Waals surface area contributed by atoms with Crippen LogP contribution in [0.1, 0.15) is 6.42 Å². The van der Waals surface area contributed by atoms with Crippen molar-refractivity contribution in [1.29, 1.82) is 0 Å². The molecule has 1 saturated heterocycles. The van der Waals surface area contributed by atoms with Gasteiger partial charge in [-0.1, -0.05) is 11.8 Å². The summed E-state index contributed by atoms with van der Waals surface area (Å²) in [6.45, 7) is 0. The van der Waals surface area contributed by atoms with Crippen molar-refractivity contribution in [1.82, 2.24) is 0 Å². The smallest absolute Gasteiger partial charge is 0.213 e. The van der Waals surface area contributed by atoms with Crippen LogP contribution in [-0.4, -0.2) is 33.8 Å². The first kappa shape index (κ1) is 10.5. The highest BCUT2D eigenvalue weighted by molar-refractivity contribution is 8.38. The molecule has 0 aromatic heterocycles. The van der Waals surface area contributed by atoms with E-state index in [0.29, 0.717) is 0 Å². The molecule has 0 spiro atoms. The minimum absolute atomic E-state index is 0.0649. The maximum atomic E-state index is 11.2. The van der Waals surface area contributed by atoms with Crippen LogP contribution in [0.25, 0.3) is 0 Å². The molecular formula is C7H11NOS3. The predicted molar refractivity (Wildman–Crippen MR) is 60.3 cm³/mol. The second-order valence-electron chi connectivity index (χ2n) is 2.28. The summed E-state index contributed by atoms with van der Waals surface area (Å²) in [4.78, 5) is 15.5. The van der Waals surface area contributed by atoms with Gasteiger partial charge in [0.25, 0.3) is 0 Å². The Morgan fingerprint density at radius 2 is 2.25 bits per heavy atom. The lowest BCUT2D eigenvalue weighted by molar-refractivity contribution is -0.111. The maximum Gasteiger partial charge on any atom is 0.213 e. The van der Waals surface area contributed by atoms with Gasteiger partial charge in [-0.25, -0.2) is 0 Å². The fraction of sp³-hybridized carbons (Fsp3) is 0.714. The summed E-state index contributed by atoms with van der Waals surface area (Å²) in [7, 11) is 0. The molecule has 0 saturated carbocycles. The van der Waals surface area contributed by atoms with Gasteiger partial charge in [0.05, 0.1) is 0 Å². The molecule has 0 bridgehead atoms. The van der Waals surface area contributed by atoms with Crippen molar-refractivity contribution in [3.8, 4) is 0 Å². The second-order valence-corrected chi connectivity index (χ2v) is 5.22. The van der Waals surface area contributed by atoms with Crippen molar-refractivity contribution in [3.63, 3.8) is 0 Å². The Balaban J connectivity index is 2.57. The first-order chi connectivity index (χ1) is 5.77. The third-order valence-corrected chi connectivity index (χ3v) is 4.42. The van der Waals surface area contributed by atoms with E-state index >= 15 is 0 Å². The van der Waals surface area contributed by atoms with Crippen LogP contribution < -0.4 is 0 Å². The first-order valence-corrected chi connectivity index (χ1v) is 7.04. The van der Waals surface area contributed by atoms with Crippen LogP contribution >= 0.6 is 35.3 Å². The SMILES string of the molecule is CSC(=NC1CCSC1=O)SC. The van der Waals surface area contributed by atoms with Gasteiger partial charge in [-0.2, -0.15) is 0 Å². The van der Waals surface area contributed by atoms with Crippen molar-refractivity contribution in [2.24, 2.45) is 4.99 Å². The molecule has 1 rings (SSSR count). The lowest BCUT2D eigenvalue weighted by Gasteiger charge is -2.02. The van der Waals surface area contributed by atoms with Crippen molar-refractivity contribution in [2.75, 3.05) is 18.3 Å². The maximum absolute atomic E-state index is 11.2. The van der Waals surface area contributed by atoms with E-state index in [-0.39, 0.29) is 11.2 Å². The first-order valence-electron chi connectivity index (χ1n) is 3.60. The van der Waals surface area contributed by atoms with Gasteiger partial charge in [0.2, 0.25) is 5.12 Å². The second kappa shape index (κ2) is 5.19. The van der Waals surface area contributed by atoms with E-state index in [1.165, 1.54) is 11.8 Å². The van der Waals surface area contributed by atoms with E-state index in [2.05, 4.69) is 4.99 Å². The van der Waals surface area contributed by atoms with E-state index in [0.717, 1.165) is 16.5 Å². The molecule has 0 radical (unpaired) electrons. The van der Waals surface area contributed by atoms with E-state index in [1.807, 2.05) is 12.5 Å². The van der Waals surface area contributed by atoms with Gasteiger partial charge in [0, 0.05) is 5.75 Å². The van der Waals surface area contributed by atoms with Crippen LogP contribution in [0.2, 0.25) is 0 Å². The molecule has 5 heteroatoms. The number of carbonyl (C=O) groups is 1. The third-order valence-electron chi connectivity index (χ3n) is 1.52. The number of rotatable bonds is 1. The number of thioether (sulfide) groups is 3. The predicted octanol–water partition coefficient (Wildman–Crippen LogP) is 2.10. The standard InChI is InChI=1S/C7H11NOS3/c1-10-7(11-2)8-5-3-4-12-6(5)9/h5H,3-4H2,1-2H3. The summed E-state index contributed by atoms with van der Waals surface area (Å²) in [6, 6.07) is -0.0649. The zero-order valence-electron chi connectivity index (χ0n) is 7.07. The molecule has 12 heavy (non-hydrogen) atoms. The van der Waals surface area contributed by atoms with Gasteiger partial charge in [-0.05, 0) is 18.9 Å². The molecule has 1 aliphatic heterocycles. The van der Waals surface area contributed by atoms with E-state index in [9.17, 15) is 4.79 Å². The van der Waals surface area contributed by atoms with Gasteiger partial charge in [0.15, 0.2) is 0 Å². The molecule has 1 heterocycles. The van der Waals surface area contributed by atoms with Gasteiger partial charge in [0.1, 0.15) is 10.4 Å². The van der Waals surface area contributed by atoms with E-state index < -0.39 is 0 Å². The molecule has 0 amide bonds. The topological polar surface area (TPSA) is 29.4 Å². The molecular weight excluding hydrogens is 210 g/mol. The molecule has 1 unspecified atom stereocenters. The van der Waals surface area contributed by atoms with Crippen LogP contribution in [0.3, 0.4) is 0 Å². The van der Waals surface area contributed by atoms with Crippen LogP contribution in [0.15, 0.2) is 4.99 Å². The van der Waals surface area contributed by atoms with Crippen molar-refractivity contribution in [2.45, 2.75) is 12.5 Å². The minimum Gasteiger partial charge on any atom is -0.285 e. The Kier molecular flexibility index (Phi) is 4.53. The molecule has 68 valence electrons. The Labute approximate surface area is 85.3 Å². The number of nitrogens with zero attached hydrogens (tertiary/aromatic N) is 1. The molecule has 0 aliphatic carbocycles. The van der Waals surface area contributed by atoms with E-state index in [4.69, 9.17) is 0 Å². The zero-order chi connectivity index (χ0) is 8.97. The molecule has 1 atom stereocenters. The Morgan fingerprint density at radius 3 is 2.67 bits per heavy atom. The fourth-order valence-electron chi connectivity index (χ4n) is 0.918. The summed E-state index contributed by atoms with van der Waals surface area (Å²) in [5.41, 5.74) is 0. The highest BCUT2D eigenvalue weighted by Crippen LogP contribution is 2.24. The summed E-state index contributed by atoms with van der Waals surface area (Å²) in [5, 5.41) is 0.232. The number of hydrogen-bond donors (Lipinski definition) is 0. The quantitative estimate of drug-likeness (QED) is 0.501. The van der Waals surface area contributed by atoms with Crippen molar-refractivity contribution >= 4 is 44.8 Å². The molecule has 0 aromatic rings. The molecule has 1 fully saturated rings. The molecule has 0 N–H and O–H groups in total. The molecule has 1 aliphatic rings. The largest absolute Gasteiger partial charge is 0.285 e. The Morgan fingerprint density at radius 1 is 1.58 bits per heavy atom. The molecule has 2 nitrogen and oxygen atoms in total. The van der Waals surface area contributed by atoms with Gasteiger partial charge in [-0.3, -0.25) is 9.79 Å². The van der Waals surface area contributed by atoms with Gasteiger partial charge in [-0.15, -0.1) is 23.5 Å². The van der Waals surface area contributed by atoms with Crippen LogP contribution in [-0.2, 0) is 4.79 Å². The summed E-state index contributed by atoms with van der Waals surface area (Å²) >= 11 is 4.62. The third kappa shape index (κ3) is 2.71. The Hall–Kier alpha value is 0.390. The lowest BCUT2D eigenvalue weighted by atomic mass is 10.3. The molecule has 0 aromatic carbocycles. The van der Waals surface area contributed by atoms with Gasteiger partial charge < -0.3 is 0 Å². The van der Waals surface area contributed by atoms with Gasteiger partial charge >= 0.3 is 0 Å². The van der Waals surface area contributed by atoms with Crippen LogP contribution in [0.4, 0.5) is 0 Å². The summed E-state index contributed by atoms with van der Waals surface area (Å²) < 4.78 is 1.01. The average Bonchev–Trinajstić information content (AvgIpc) is 2.47. The normalized spacial score (nSPS) is 22.8. The summed E-state index contributed by atoms with van der Waals surface area (Å²) in [6.07, 6.45) is 4.89. The highest BCUT2D eigenvalue weighted by atomic mass is 32.2. The number of carbonyl (C=O) groups excluding carboxylic acids is 1. The van der Waals surface area contributed by atoms with Crippen LogP contribution in [0.5, 0.6) is 0 Å². The van der Waals surface area contributed by atoms with Crippen LogP contribution in [0, 0.1) is 0 Å². The average molecular weight is 221 g/mol.